The van der Waals surface area contributed by atoms with E-state index in [1.807, 2.05) is 31.2 Å². The van der Waals surface area contributed by atoms with Crippen molar-refractivity contribution < 1.29 is 4.79 Å². The molecule has 0 aliphatic heterocycles. The first-order valence-corrected chi connectivity index (χ1v) is 9.70. The van der Waals surface area contributed by atoms with Gasteiger partial charge in [-0.15, -0.1) is 11.8 Å². The molecule has 0 aliphatic rings. The molecule has 0 saturated carbocycles. The molecule has 0 spiro atoms. The number of primary amides is 1. The van der Waals surface area contributed by atoms with Gasteiger partial charge in [0, 0.05) is 19.3 Å². The fourth-order valence-corrected chi connectivity index (χ4v) is 3.76. The van der Waals surface area contributed by atoms with E-state index in [4.69, 9.17) is 11.5 Å². The van der Waals surface area contributed by atoms with Gasteiger partial charge in [-0.25, -0.2) is 4.98 Å². The maximum Gasteiger partial charge on any atom is 0.236 e. The van der Waals surface area contributed by atoms with Crippen LogP contribution in [0.2, 0.25) is 0 Å². The summed E-state index contributed by atoms with van der Waals surface area (Å²) in [6.45, 7) is 2.30. The molecule has 28 heavy (non-hydrogen) atoms. The van der Waals surface area contributed by atoms with E-state index < -0.39 is 5.91 Å². The van der Waals surface area contributed by atoms with E-state index in [-0.39, 0.29) is 6.54 Å². The van der Waals surface area contributed by atoms with Crippen LogP contribution in [-0.4, -0.2) is 24.5 Å². The minimum absolute atomic E-state index is 0.0681. The molecule has 0 atom stereocenters. The van der Waals surface area contributed by atoms with E-state index in [1.165, 1.54) is 11.8 Å². The Labute approximate surface area is 169 Å². The molecule has 2 aromatic rings. The van der Waals surface area contributed by atoms with Gasteiger partial charge in [-0.1, -0.05) is 31.2 Å². The number of nitrogens with two attached hydrogens (primary N) is 2. The molecule has 0 fully saturated rings. The Hall–Kier alpha value is -3.07. The summed E-state index contributed by atoms with van der Waals surface area (Å²) < 4.78 is 0. The van der Waals surface area contributed by atoms with E-state index in [0.717, 1.165) is 11.1 Å². The van der Waals surface area contributed by atoms with Crippen LogP contribution in [0, 0.1) is 22.7 Å². The quantitative estimate of drug-likeness (QED) is 0.655. The van der Waals surface area contributed by atoms with Gasteiger partial charge < -0.3 is 16.4 Å². The molecule has 4 N–H and O–H groups in total. The van der Waals surface area contributed by atoms with Gasteiger partial charge in [-0.05, 0) is 23.1 Å². The van der Waals surface area contributed by atoms with E-state index >= 15 is 0 Å². The first-order chi connectivity index (χ1) is 13.4. The number of benzene rings is 1. The summed E-state index contributed by atoms with van der Waals surface area (Å²) in [5.74, 6) is 0.448. The Morgan fingerprint density at radius 3 is 2.29 bits per heavy atom. The number of aromatic nitrogens is 1. The summed E-state index contributed by atoms with van der Waals surface area (Å²) in [6, 6.07) is 12.2. The van der Waals surface area contributed by atoms with Gasteiger partial charge in [0.1, 0.15) is 23.0 Å². The number of carbonyl (C=O) groups excluding carboxylic acids is 1. The number of nitrogens with zero attached hydrogens (tertiary/aromatic N) is 4. The van der Waals surface area contributed by atoms with Crippen molar-refractivity contribution in [3.05, 3.63) is 52.1 Å². The second-order valence-corrected chi connectivity index (χ2v) is 7.14. The summed E-state index contributed by atoms with van der Waals surface area (Å²) in [5.41, 5.74) is 14.4. The third-order valence-electron chi connectivity index (χ3n) is 4.21. The maximum atomic E-state index is 11.3. The second-order valence-electron chi connectivity index (χ2n) is 6.18. The van der Waals surface area contributed by atoms with Crippen LogP contribution in [0.3, 0.4) is 0 Å². The molecule has 1 aromatic heterocycles. The Morgan fingerprint density at radius 2 is 1.79 bits per heavy atom. The predicted octanol–water partition coefficient (Wildman–Crippen LogP) is 2.06. The van der Waals surface area contributed by atoms with Crippen molar-refractivity contribution in [2.75, 3.05) is 18.5 Å². The maximum absolute atomic E-state index is 11.3. The second kappa shape index (κ2) is 9.75. The topological polar surface area (TPSA) is 133 Å². The highest BCUT2D eigenvalue weighted by Crippen LogP contribution is 2.33. The number of anilines is 1. The molecule has 0 unspecified atom stereocenters. The van der Waals surface area contributed by atoms with Crippen LogP contribution < -0.4 is 16.4 Å². The summed E-state index contributed by atoms with van der Waals surface area (Å²) in [6.07, 6.45) is 0.504. The molecule has 8 heteroatoms. The van der Waals surface area contributed by atoms with Crippen LogP contribution in [0.15, 0.2) is 29.3 Å². The SMILES string of the molecule is CCc1c(C#N)c(SCc2ccc(CN)cc2)nc(N(C)CC(N)=O)c1C#N. The van der Waals surface area contributed by atoms with Crippen LogP contribution in [0.4, 0.5) is 5.82 Å². The monoisotopic (exact) mass is 394 g/mol. The predicted molar refractivity (Wildman–Crippen MR) is 109 cm³/mol. The zero-order valence-electron chi connectivity index (χ0n) is 15.9. The first kappa shape index (κ1) is 21.2. The van der Waals surface area contributed by atoms with Crippen molar-refractivity contribution in [1.82, 2.24) is 4.98 Å². The van der Waals surface area contributed by atoms with Crippen molar-refractivity contribution in [1.29, 1.82) is 10.5 Å². The van der Waals surface area contributed by atoms with Crippen LogP contribution in [-0.2, 0) is 23.5 Å². The molecule has 1 heterocycles. The van der Waals surface area contributed by atoms with Gasteiger partial charge in [0.05, 0.1) is 17.7 Å². The minimum Gasteiger partial charge on any atom is -0.368 e. The lowest BCUT2D eigenvalue weighted by Gasteiger charge is -2.21. The number of hydrogen-bond donors (Lipinski definition) is 2. The van der Waals surface area contributed by atoms with Crippen LogP contribution in [0.25, 0.3) is 0 Å². The van der Waals surface area contributed by atoms with E-state index in [1.54, 1.807) is 11.9 Å². The lowest BCUT2D eigenvalue weighted by Crippen LogP contribution is -2.32. The van der Waals surface area contributed by atoms with E-state index in [0.29, 0.717) is 46.3 Å². The van der Waals surface area contributed by atoms with Crippen molar-refractivity contribution in [2.45, 2.75) is 30.7 Å². The van der Waals surface area contributed by atoms with Crippen molar-refractivity contribution in [3.8, 4) is 12.1 Å². The third kappa shape index (κ3) is 4.80. The zero-order chi connectivity index (χ0) is 20.7. The standard InChI is InChI=1S/C20H22N6OS/c1-3-15-16(9-22)19(26(2)11-18(24)27)25-20(17(15)10-23)28-12-14-6-4-13(8-21)5-7-14/h4-7H,3,8,11-12,21H2,1-2H3,(H2,24,27). The number of nitriles is 2. The van der Waals surface area contributed by atoms with E-state index in [9.17, 15) is 15.3 Å². The fourth-order valence-electron chi connectivity index (χ4n) is 2.80. The fraction of sp³-hybridized carbons (Fsp3) is 0.300. The highest BCUT2D eigenvalue weighted by molar-refractivity contribution is 7.98. The Morgan fingerprint density at radius 1 is 1.18 bits per heavy atom. The van der Waals surface area contributed by atoms with Crippen LogP contribution in [0.1, 0.15) is 34.7 Å². The Balaban J connectivity index is 2.45. The zero-order valence-corrected chi connectivity index (χ0v) is 16.7. The molecule has 0 saturated heterocycles. The molecule has 0 radical (unpaired) electrons. The summed E-state index contributed by atoms with van der Waals surface area (Å²) >= 11 is 1.42. The molecule has 144 valence electrons. The normalized spacial score (nSPS) is 10.2. The molecule has 1 amide bonds. The number of carbonyl (C=O) groups is 1. The molecule has 0 bridgehead atoms. The number of thioether (sulfide) groups is 1. The lowest BCUT2D eigenvalue weighted by molar-refractivity contribution is -0.116. The van der Waals surface area contributed by atoms with Crippen molar-refractivity contribution >= 4 is 23.5 Å². The highest BCUT2D eigenvalue weighted by atomic mass is 32.2. The number of hydrogen-bond acceptors (Lipinski definition) is 7. The molecular formula is C20H22N6OS. The summed E-state index contributed by atoms with van der Waals surface area (Å²) in [4.78, 5) is 17.4. The van der Waals surface area contributed by atoms with E-state index in [2.05, 4.69) is 17.1 Å². The average Bonchev–Trinajstić information content (AvgIpc) is 2.70. The number of likely N-dealkylation sites (N-methyl/N-ethyl adjacent to an activating group) is 1. The molecule has 1 aromatic carbocycles. The van der Waals surface area contributed by atoms with Crippen LogP contribution >= 0.6 is 11.8 Å². The first-order valence-electron chi connectivity index (χ1n) is 8.72. The van der Waals surface area contributed by atoms with Gasteiger partial charge in [-0.2, -0.15) is 10.5 Å². The van der Waals surface area contributed by atoms with Gasteiger partial charge in [-0.3, -0.25) is 4.79 Å². The lowest BCUT2D eigenvalue weighted by atomic mass is 10.0. The molecule has 2 rings (SSSR count). The number of pyridine rings is 1. The minimum atomic E-state index is -0.523. The Kier molecular flexibility index (Phi) is 7.39. The smallest absolute Gasteiger partial charge is 0.236 e. The van der Waals surface area contributed by atoms with Gasteiger partial charge in [0.25, 0.3) is 0 Å². The number of amides is 1. The number of rotatable bonds is 8. The third-order valence-corrected chi connectivity index (χ3v) is 5.26. The molecular weight excluding hydrogens is 372 g/mol. The van der Waals surface area contributed by atoms with Gasteiger partial charge >= 0.3 is 0 Å². The highest BCUT2D eigenvalue weighted by Gasteiger charge is 2.22. The van der Waals surface area contributed by atoms with Crippen molar-refractivity contribution in [2.24, 2.45) is 11.5 Å². The van der Waals surface area contributed by atoms with Crippen LogP contribution in [0.5, 0.6) is 0 Å². The summed E-state index contributed by atoms with van der Waals surface area (Å²) in [5, 5.41) is 19.8. The van der Waals surface area contributed by atoms with Gasteiger partial charge in [0.15, 0.2) is 0 Å². The van der Waals surface area contributed by atoms with Gasteiger partial charge in [0.2, 0.25) is 5.91 Å². The summed E-state index contributed by atoms with van der Waals surface area (Å²) in [7, 11) is 1.65. The van der Waals surface area contributed by atoms with Crippen molar-refractivity contribution in [3.63, 3.8) is 0 Å². The molecule has 7 nitrogen and oxygen atoms in total. The average molecular weight is 395 g/mol. The largest absolute Gasteiger partial charge is 0.368 e. The Bertz CT molecular complexity index is 943. The molecule has 0 aliphatic carbocycles.